The Balaban J connectivity index is 1.17. The van der Waals surface area contributed by atoms with Crippen molar-refractivity contribution in [1.29, 1.82) is 0 Å². The van der Waals surface area contributed by atoms with Crippen molar-refractivity contribution in [1.82, 2.24) is 9.55 Å². The summed E-state index contributed by atoms with van der Waals surface area (Å²) in [5.74, 6) is 0.115. The van der Waals surface area contributed by atoms with Gasteiger partial charge in [0.15, 0.2) is 17.8 Å². The summed E-state index contributed by atoms with van der Waals surface area (Å²) in [6.45, 7) is 2.62. The Morgan fingerprint density at radius 1 is 0.955 bits per heavy atom. The zero-order chi connectivity index (χ0) is 30.2. The fourth-order valence-electron chi connectivity index (χ4n) is 6.40. The lowest BCUT2D eigenvalue weighted by molar-refractivity contribution is -0.0392. The number of hydrogen-bond acceptors (Lipinski definition) is 8. The minimum atomic E-state index is -0.669. The molecule has 3 fully saturated rings. The number of benzene rings is 2. The summed E-state index contributed by atoms with van der Waals surface area (Å²) in [5.41, 5.74) is 5.42. The van der Waals surface area contributed by atoms with E-state index in [9.17, 15) is 5.11 Å². The van der Waals surface area contributed by atoms with E-state index in [0.29, 0.717) is 42.3 Å². The molecule has 232 valence electrons. The summed E-state index contributed by atoms with van der Waals surface area (Å²) < 4.78 is 47.0. The molecule has 44 heavy (non-hydrogen) atoms. The number of anilines is 1. The zero-order valence-corrected chi connectivity index (χ0v) is 25.0. The van der Waals surface area contributed by atoms with Crippen LogP contribution in [0.5, 0.6) is 5.88 Å². The Morgan fingerprint density at radius 3 is 2.41 bits per heavy atom. The van der Waals surface area contributed by atoms with Gasteiger partial charge in [-0.1, -0.05) is 36.4 Å². The second-order valence-corrected chi connectivity index (χ2v) is 11.8. The van der Waals surface area contributed by atoms with Gasteiger partial charge < -0.3 is 33.7 Å². The van der Waals surface area contributed by atoms with Crippen molar-refractivity contribution < 1.29 is 33.2 Å². The summed E-state index contributed by atoms with van der Waals surface area (Å²) in [6, 6.07) is 19.5. The van der Waals surface area contributed by atoms with Crippen molar-refractivity contribution in [3.8, 4) is 28.3 Å². The van der Waals surface area contributed by atoms with Crippen LogP contribution in [0.3, 0.4) is 0 Å². The second-order valence-electron chi connectivity index (χ2n) is 11.8. The van der Waals surface area contributed by atoms with E-state index in [2.05, 4.69) is 29.2 Å². The maximum Gasteiger partial charge on any atom is 0.198 e. The molecule has 0 aliphatic carbocycles. The molecule has 0 saturated carbocycles. The number of fused-ring (bicyclic) bond motifs is 2. The van der Waals surface area contributed by atoms with Crippen LogP contribution >= 0.6 is 0 Å². The lowest BCUT2D eigenvalue weighted by Gasteiger charge is -2.27. The Labute approximate surface area is 256 Å². The molecule has 0 spiro atoms. The van der Waals surface area contributed by atoms with Crippen LogP contribution in [-0.4, -0.2) is 86.2 Å². The van der Waals surface area contributed by atoms with Gasteiger partial charge in [-0.2, -0.15) is 0 Å². The van der Waals surface area contributed by atoms with Crippen LogP contribution in [0.2, 0.25) is 0 Å². The molecule has 0 bridgehead atoms. The molecule has 4 aromatic rings. The quantitative estimate of drug-likeness (QED) is 0.280. The average molecular weight is 604 g/mol. The van der Waals surface area contributed by atoms with E-state index in [1.54, 1.807) is 7.11 Å². The molecular formula is C34H38FN3O6. The molecule has 7 rings (SSSR count). The molecule has 1 N–H and O–H groups in total. The highest BCUT2D eigenvalue weighted by molar-refractivity contribution is 5.82. The number of methoxy groups -OCH3 is 1. The van der Waals surface area contributed by atoms with Crippen LogP contribution in [0.25, 0.3) is 33.4 Å². The molecule has 5 heterocycles. The van der Waals surface area contributed by atoms with Crippen molar-refractivity contribution >= 4 is 16.7 Å². The highest BCUT2D eigenvalue weighted by atomic mass is 19.1. The first-order valence-electron chi connectivity index (χ1n) is 15.3. The van der Waals surface area contributed by atoms with E-state index in [1.807, 2.05) is 41.9 Å². The summed E-state index contributed by atoms with van der Waals surface area (Å²) in [5, 5.41) is 10.2. The topological polar surface area (TPSA) is 87.4 Å². The van der Waals surface area contributed by atoms with E-state index < -0.39 is 24.1 Å². The van der Waals surface area contributed by atoms with Crippen molar-refractivity contribution in [3.63, 3.8) is 0 Å². The first-order valence-corrected chi connectivity index (χ1v) is 15.3. The van der Waals surface area contributed by atoms with Crippen LogP contribution in [0.15, 0.2) is 60.7 Å². The van der Waals surface area contributed by atoms with Crippen molar-refractivity contribution in [2.24, 2.45) is 0 Å². The SMILES string of the molecule is COCCN(C)c1ccc(-c2ccc(-c3nc4cc(O[C@@H]5COC6[C@H](O)CO[C@@H]65)n(C5CCCCO5)c4cc3F)cc2)cc1. The number of nitrogens with zero attached hydrogens (tertiary/aromatic N) is 3. The molecule has 3 aliphatic heterocycles. The Morgan fingerprint density at radius 2 is 1.68 bits per heavy atom. The number of aromatic nitrogens is 2. The molecule has 2 aromatic carbocycles. The predicted molar refractivity (Wildman–Crippen MR) is 164 cm³/mol. The number of hydrogen-bond donors (Lipinski definition) is 1. The van der Waals surface area contributed by atoms with Crippen LogP contribution in [0, 0.1) is 5.82 Å². The lowest BCUT2D eigenvalue weighted by Crippen LogP contribution is -2.35. The molecule has 9 nitrogen and oxygen atoms in total. The molecule has 3 aliphatic rings. The van der Waals surface area contributed by atoms with E-state index in [-0.39, 0.29) is 24.6 Å². The fraction of sp³-hybridized carbons (Fsp3) is 0.441. The van der Waals surface area contributed by atoms with Crippen LogP contribution in [0.1, 0.15) is 25.5 Å². The summed E-state index contributed by atoms with van der Waals surface area (Å²) >= 11 is 0. The average Bonchev–Trinajstić information content (AvgIpc) is 3.74. The highest BCUT2D eigenvalue weighted by Crippen LogP contribution is 2.38. The van der Waals surface area contributed by atoms with E-state index in [0.717, 1.165) is 42.6 Å². The molecular weight excluding hydrogens is 565 g/mol. The first kappa shape index (κ1) is 29.2. The van der Waals surface area contributed by atoms with E-state index >= 15 is 4.39 Å². The van der Waals surface area contributed by atoms with Gasteiger partial charge in [-0.15, -0.1) is 0 Å². The van der Waals surface area contributed by atoms with Crippen LogP contribution in [0.4, 0.5) is 10.1 Å². The molecule has 5 atom stereocenters. The number of ether oxygens (including phenoxy) is 5. The van der Waals surface area contributed by atoms with Gasteiger partial charge in [0.2, 0.25) is 0 Å². The monoisotopic (exact) mass is 603 g/mol. The minimum Gasteiger partial charge on any atom is -0.470 e. The minimum absolute atomic E-state index is 0.219. The van der Waals surface area contributed by atoms with E-state index in [4.69, 9.17) is 28.7 Å². The fourth-order valence-corrected chi connectivity index (χ4v) is 6.40. The Kier molecular flexibility index (Phi) is 8.26. The first-order chi connectivity index (χ1) is 21.5. The third-order valence-corrected chi connectivity index (χ3v) is 8.87. The molecule has 10 heteroatoms. The van der Waals surface area contributed by atoms with Gasteiger partial charge in [-0.25, -0.2) is 9.37 Å². The molecule has 0 radical (unpaired) electrons. The summed E-state index contributed by atoms with van der Waals surface area (Å²) in [6.07, 6.45) is 0.645. The van der Waals surface area contributed by atoms with Crippen LogP contribution < -0.4 is 9.64 Å². The lowest BCUT2D eigenvalue weighted by atomic mass is 10.0. The van der Waals surface area contributed by atoms with Crippen molar-refractivity contribution in [2.75, 3.05) is 52.0 Å². The number of aliphatic hydroxyl groups is 1. The summed E-state index contributed by atoms with van der Waals surface area (Å²) in [7, 11) is 3.74. The Hall–Kier alpha value is -3.54. The van der Waals surface area contributed by atoms with Gasteiger partial charge in [-0.3, -0.25) is 4.57 Å². The number of aliphatic hydroxyl groups excluding tert-OH is 1. The van der Waals surface area contributed by atoms with Gasteiger partial charge in [-0.05, 0) is 42.5 Å². The van der Waals surface area contributed by atoms with Crippen molar-refractivity contribution in [3.05, 3.63) is 66.5 Å². The van der Waals surface area contributed by atoms with Gasteiger partial charge in [0.05, 0.1) is 30.9 Å². The van der Waals surface area contributed by atoms with Crippen LogP contribution in [-0.2, 0) is 18.9 Å². The normalized spacial score (nSPS) is 25.0. The number of rotatable bonds is 9. The molecule has 3 saturated heterocycles. The standard InChI is InChI=1S/C34H38FN3O6/c1-37(14-16-40-2)24-12-10-22(11-13-24)21-6-8-23(9-7-21)32-25(35)17-27-26(36-32)18-31(38(27)30-5-3-4-15-41-30)44-29-20-43-33-28(39)19-42-34(29)33/h6-13,17-18,28-30,33-34,39H,3-5,14-16,19-20H2,1-2H3/t28-,29-,30?,33?,34-/m1/s1. The molecule has 2 unspecified atom stereocenters. The molecule has 0 amide bonds. The van der Waals surface area contributed by atoms with Crippen molar-refractivity contribution in [2.45, 2.75) is 49.9 Å². The number of pyridine rings is 1. The van der Waals surface area contributed by atoms with Gasteiger partial charge >= 0.3 is 0 Å². The summed E-state index contributed by atoms with van der Waals surface area (Å²) in [4.78, 5) is 6.93. The number of halogens is 1. The third kappa shape index (κ3) is 5.57. The molecule has 2 aromatic heterocycles. The number of likely N-dealkylation sites (N-methyl/N-ethyl adjacent to an activating group) is 1. The van der Waals surface area contributed by atoms with Gasteiger partial charge in [0.1, 0.15) is 30.2 Å². The van der Waals surface area contributed by atoms with Gasteiger partial charge in [0.25, 0.3) is 0 Å². The Bertz CT molecular complexity index is 1590. The predicted octanol–water partition coefficient (Wildman–Crippen LogP) is 5.20. The maximum atomic E-state index is 15.8. The maximum absolute atomic E-state index is 15.8. The highest BCUT2D eigenvalue weighted by Gasteiger charge is 2.48. The third-order valence-electron chi connectivity index (χ3n) is 8.87. The second kappa shape index (κ2) is 12.5. The van der Waals surface area contributed by atoms with Gasteiger partial charge in [0, 0.05) is 50.7 Å². The largest absolute Gasteiger partial charge is 0.470 e. The zero-order valence-electron chi connectivity index (χ0n) is 25.0. The van der Waals surface area contributed by atoms with E-state index in [1.165, 1.54) is 6.07 Å². The smallest absolute Gasteiger partial charge is 0.198 e.